The molecule has 1 heteroatoms. The molecule has 0 amide bonds. The lowest BCUT2D eigenvalue weighted by Crippen LogP contribution is -2.19. The van der Waals surface area contributed by atoms with Gasteiger partial charge in [0.05, 0.1) is 0 Å². The summed E-state index contributed by atoms with van der Waals surface area (Å²) in [6.07, 6.45) is 1.33. The van der Waals surface area contributed by atoms with Crippen molar-refractivity contribution in [2.45, 2.75) is 26.2 Å². The lowest BCUT2D eigenvalue weighted by Gasteiger charge is -2.13. The number of nitrogens with zero attached hydrogens (tertiary/aromatic N) is 1. The number of likely N-dealkylation sites (tertiary alicyclic amines) is 1. The molecule has 0 N–H and O–H groups in total. The second-order valence-corrected chi connectivity index (χ2v) is 4.29. The van der Waals surface area contributed by atoms with Gasteiger partial charge in [-0.25, -0.2) is 0 Å². The van der Waals surface area contributed by atoms with Crippen LogP contribution in [0.5, 0.6) is 0 Å². The zero-order chi connectivity index (χ0) is 9.97. The average molecular weight is 189 g/mol. The van der Waals surface area contributed by atoms with Crippen molar-refractivity contribution in [1.29, 1.82) is 0 Å². The smallest absolute Gasteiger partial charge is 0.00506 e. The maximum absolute atomic E-state index is 2.53. The van der Waals surface area contributed by atoms with Crippen LogP contribution in [0.15, 0.2) is 24.3 Å². The predicted octanol–water partition coefficient (Wildman–Crippen LogP) is 2.80. The van der Waals surface area contributed by atoms with Gasteiger partial charge in [0.15, 0.2) is 0 Å². The van der Waals surface area contributed by atoms with Crippen LogP contribution in [0.1, 0.15) is 30.4 Å². The summed E-state index contributed by atoms with van der Waals surface area (Å²) >= 11 is 0. The third-order valence-corrected chi connectivity index (χ3v) is 3.27. The SMILES string of the molecule is CCN1CCC(c2ccc(C)cc2)C1. The number of hydrogen-bond donors (Lipinski definition) is 0. The van der Waals surface area contributed by atoms with Crippen LogP contribution in [0.4, 0.5) is 0 Å². The average Bonchev–Trinajstić information content (AvgIpc) is 2.67. The first-order valence-electron chi connectivity index (χ1n) is 5.58. The minimum atomic E-state index is 0.774. The second kappa shape index (κ2) is 4.14. The zero-order valence-electron chi connectivity index (χ0n) is 9.16. The third-order valence-electron chi connectivity index (χ3n) is 3.27. The lowest BCUT2D eigenvalue weighted by atomic mass is 9.98. The van der Waals surface area contributed by atoms with Crippen LogP contribution in [0.25, 0.3) is 0 Å². The molecule has 1 fully saturated rings. The quantitative estimate of drug-likeness (QED) is 0.691. The summed E-state index contributed by atoms with van der Waals surface area (Å²) in [7, 11) is 0. The van der Waals surface area contributed by atoms with Gasteiger partial charge in [0.2, 0.25) is 0 Å². The van der Waals surface area contributed by atoms with Gasteiger partial charge in [-0.2, -0.15) is 0 Å². The minimum absolute atomic E-state index is 0.774. The van der Waals surface area contributed by atoms with Gasteiger partial charge in [-0.1, -0.05) is 36.8 Å². The maximum atomic E-state index is 2.53. The Labute approximate surface area is 86.7 Å². The molecule has 0 bridgehead atoms. The van der Waals surface area contributed by atoms with Crippen molar-refractivity contribution in [1.82, 2.24) is 4.90 Å². The molecule has 2 rings (SSSR count). The van der Waals surface area contributed by atoms with Crippen LogP contribution in [0.2, 0.25) is 0 Å². The van der Waals surface area contributed by atoms with Crippen molar-refractivity contribution in [3.63, 3.8) is 0 Å². The summed E-state index contributed by atoms with van der Waals surface area (Å²) in [5, 5.41) is 0. The Morgan fingerprint density at radius 2 is 2.00 bits per heavy atom. The largest absolute Gasteiger partial charge is 0.303 e. The highest BCUT2D eigenvalue weighted by Gasteiger charge is 2.21. The molecule has 0 aliphatic carbocycles. The fourth-order valence-electron chi connectivity index (χ4n) is 2.23. The van der Waals surface area contributed by atoms with E-state index in [0.717, 1.165) is 5.92 Å². The molecule has 1 unspecified atom stereocenters. The molecule has 0 spiro atoms. The monoisotopic (exact) mass is 189 g/mol. The Balaban J connectivity index is 2.06. The molecule has 1 aromatic carbocycles. The van der Waals surface area contributed by atoms with Crippen LogP contribution < -0.4 is 0 Å². The van der Waals surface area contributed by atoms with Gasteiger partial charge in [0.25, 0.3) is 0 Å². The van der Waals surface area contributed by atoms with Gasteiger partial charge < -0.3 is 4.90 Å². The Kier molecular flexibility index (Phi) is 2.87. The van der Waals surface area contributed by atoms with Gasteiger partial charge in [-0.15, -0.1) is 0 Å². The van der Waals surface area contributed by atoms with Crippen molar-refractivity contribution in [2.24, 2.45) is 0 Å². The molecule has 0 aromatic heterocycles. The van der Waals surface area contributed by atoms with Crippen LogP contribution in [0.3, 0.4) is 0 Å². The fourth-order valence-corrected chi connectivity index (χ4v) is 2.23. The normalized spacial score (nSPS) is 22.9. The Bertz CT molecular complexity index is 289. The van der Waals surface area contributed by atoms with E-state index >= 15 is 0 Å². The van der Waals surface area contributed by atoms with Gasteiger partial charge in [-0.05, 0) is 37.9 Å². The zero-order valence-corrected chi connectivity index (χ0v) is 9.16. The highest BCUT2D eigenvalue weighted by Crippen LogP contribution is 2.26. The van der Waals surface area contributed by atoms with Gasteiger partial charge in [-0.3, -0.25) is 0 Å². The van der Waals surface area contributed by atoms with Crippen LogP contribution >= 0.6 is 0 Å². The summed E-state index contributed by atoms with van der Waals surface area (Å²) < 4.78 is 0. The highest BCUT2D eigenvalue weighted by atomic mass is 15.1. The molecule has 0 radical (unpaired) electrons. The van der Waals surface area contributed by atoms with Crippen molar-refractivity contribution < 1.29 is 0 Å². The molecule has 1 heterocycles. The van der Waals surface area contributed by atoms with E-state index in [-0.39, 0.29) is 0 Å². The fraction of sp³-hybridized carbons (Fsp3) is 0.538. The summed E-state index contributed by atoms with van der Waals surface area (Å²) in [5.41, 5.74) is 2.88. The first-order chi connectivity index (χ1) is 6.79. The molecule has 0 saturated carbocycles. The lowest BCUT2D eigenvalue weighted by molar-refractivity contribution is 0.354. The molecule has 1 nitrogen and oxygen atoms in total. The molecule has 76 valence electrons. The van der Waals surface area contributed by atoms with Gasteiger partial charge in [0, 0.05) is 6.54 Å². The Hall–Kier alpha value is -0.820. The molecule has 1 aromatic rings. The molecular formula is C13H19N. The van der Waals surface area contributed by atoms with Crippen LogP contribution in [-0.2, 0) is 0 Å². The number of hydrogen-bond acceptors (Lipinski definition) is 1. The predicted molar refractivity (Wildman–Crippen MR) is 60.7 cm³/mol. The maximum Gasteiger partial charge on any atom is 0.00506 e. The van der Waals surface area contributed by atoms with Crippen molar-refractivity contribution in [3.05, 3.63) is 35.4 Å². The van der Waals surface area contributed by atoms with E-state index < -0.39 is 0 Å². The van der Waals surface area contributed by atoms with E-state index in [1.165, 1.54) is 37.2 Å². The van der Waals surface area contributed by atoms with E-state index in [1.807, 2.05) is 0 Å². The standard InChI is InChI=1S/C13H19N/c1-3-14-9-8-13(10-14)12-6-4-11(2)5-7-12/h4-7,13H,3,8-10H2,1-2H3. The number of likely N-dealkylation sites (N-methyl/N-ethyl adjacent to an activating group) is 1. The van der Waals surface area contributed by atoms with E-state index in [2.05, 4.69) is 43.0 Å². The first kappa shape index (κ1) is 9.72. The summed E-state index contributed by atoms with van der Waals surface area (Å²) in [6.45, 7) is 8.12. The Morgan fingerprint density at radius 3 is 2.57 bits per heavy atom. The van der Waals surface area contributed by atoms with Crippen LogP contribution in [0, 0.1) is 6.92 Å². The third kappa shape index (κ3) is 1.98. The van der Waals surface area contributed by atoms with E-state index in [9.17, 15) is 0 Å². The molecule has 14 heavy (non-hydrogen) atoms. The van der Waals surface area contributed by atoms with Crippen molar-refractivity contribution in [3.8, 4) is 0 Å². The first-order valence-corrected chi connectivity index (χ1v) is 5.58. The van der Waals surface area contributed by atoms with Crippen LogP contribution in [-0.4, -0.2) is 24.5 Å². The molecule has 1 saturated heterocycles. The topological polar surface area (TPSA) is 3.24 Å². The molecule has 1 aliphatic rings. The minimum Gasteiger partial charge on any atom is -0.303 e. The molecular weight excluding hydrogens is 170 g/mol. The van der Waals surface area contributed by atoms with E-state index in [0.29, 0.717) is 0 Å². The number of rotatable bonds is 2. The molecule has 1 aliphatic heterocycles. The summed E-state index contributed by atoms with van der Waals surface area (Å²) in [4.78, 5) is 2.53. The van der Waals surface area contributed by atoms with Crippen molar-refractivity contribution in [2.75, 3.05) is 19.6 Å². The van der Waals surface area contributed by atoms with E-state index in [4.69, 9.17) is 0 Å². The Morgan fingerprint density at radius 1 is 1.29 bits per heavy atom. The summed E-state index contributed by atoms with van der Waals surface area (Å²) in [5.74, 6) is 0.774. The molecule has 1 atom stereocenters. The second-order valence-electron chi connectivity index (χ2n) is 4.29. The number of benzene rings is 1. The summed E-state index contributed by atoms with van der Waals surface area (Å²) in [6, 6.07) is 9.03. The van der Waals surface area contributed by atoms with Gasteiger partial charge >= 0.3 is 0 Å². The number of aryl methyl sites for hydroxylation is 1. The van der Waals surface area contributed by atoms with Crippen molar-refractivity contribution >= 4 is 0 Å². The van der Waals surface area contributed by atoms with E-state index in [1.54, 1.807) is 0 Å². The van der Waals surface area contributed by atoms with Gasteiger partial charge in [0.1, 0.15) is 0 Å². The highest BCUT2D eigenvalue weighted by molar-refractivity contribution is 5.25.